The standard InChI is InChI=1S/C16H24O3.C12H24O2.C10H20O2/c1-4-15(2,3)14(18)19-16-7-10-5-11(8-16)13(17)12(6-10)9-16;1-7-11(4,5)10(13)14-12(6,8-2)9-3;1-7-10(5,6)8(11)12-9(2,3)4/h10-12H,4-9H2,1-3H3;7-9H2,1-6H3;7H2,1-6H3. The zero-order chi connectivity index (χ0) is 35.2. The molecule has 2 atom stereocenters. The Hall–Kier alpha value is -1.92. The maximum absolute atomic E-state index is 12.4. The third-order valence-electron chi connectivity index (χ3n) is 10.8. The van der Waals surface area contributed by atoms with Crippen LogP contribution >= 0.6 is 0 Å². The number of hydrogen-bond donors (Lipinski definition) is 0. The molecule has 45 heavy (non-hydrogen) atoms. The summed E-state index contributed by atoms with van der Waals surface area (Å²) in [5, 5.41) is 0. The third kappa shape index (κ3) is 11.4. The van der Waals surface area contributed by atoms with Crippen molar-refractivity contribution in [3.8, 4) is 0 Å². The fourth-order valence-corrected chi connectivity index (χ4v) is 5.74. The van der Waals surface area contributed by atoms with Crippen molar-refractivity contribution in [3.63, 3.8) is 0 Å². The van der Waals surface area contributed by atoms with E-state index in [1.54, 1.807) is 0 Å². The van der Waals surface area contributed by atoms with Crippen LogP contribution in [0.25, 0.3) is 0 Å². The molecule has 4 rings (SSSR count). The predicted molar refractivity (Wildman–Crippen MR) is 181 cm³/mol. The SMILES string of the molecule is CCC(C)(C)C(=O)OC(C)(C)C.CCC(C)(C)C(=O)OC12CC3CC(C1)C(=O)C(C3)C2.CCC(C)(CC)OC(=O)C(C)(C)CC. The van der Waals surface area contributed by atoms with E-state index in [9.17, 15) is 19.2 Å². The van der Waals surface area contributed by atoms with Gasteiger partial charge in [-0.3, -0.25) is 19.2 Å². The molecule has 0 aromatic heterocycles. The van der Waals surface area contributed by atoms with Crippen LogP contribution in [-0.2, 0) is 33.4 Å². The van der Waals surface area contributed by atoms with Crippen molar-refractivity contribution in [1.82, 2.24) is 0 Å². The molecule has 262 valence electrons. The Bertz CT molecular complexity index is 1010. The van der Waals surface area contributed by atoms with Crippen LogP contribution in [0.1, 0.15) is 168 Å². The Kier molecular flexibility index (Phi) is 14.0. The van der Waals surface area contributed by atoms with E-state index in [0.717, 1.165) is 64.2 Å². The number of ether oxygens (including phenoxy) is 3. The van der Waals surface area contributed by atoms with Gasteiger partial charge in [-0.2, -0.15) is 0 Å². The maximum atomic E-state index is 12.4. The molecule has 0 saturated heterocycles. The highest BCUT2D eigenvalue weighted by atomic mass is 16.6. The molecule has 0 N–H and O–H groups in total. The average molecular weight is 637 g/mol. The molecule has 7 nitrogen and oxygen atoms in total. The minimum Gasteiger partial charge on any atom is -0.460 e. The maximum Gasteiger partial charge on any atom is 0.312 e. The van der Waals surface area contributed by atoms with Crippen LogP contribution in [0.15, 0.2) is 0 Å². The summed E-state index contributed by atoms with van der Waals surface area (Å²) >= 11 is 0. The van der Waals surface area contributed by atoms with Gasteiger partial charge in [0.05, 0.1) is 16.2 Å². The topological polar surface area (TPSA) is 96.0 Å². The van der Waals surface area contributed by atoms with Crippen LogP contribution in [0.2, 0.25) is 0 Å². The average Bonchev–Trinajstić information content (AvgIpc) is 2.94. The van der Waals surface area contributed by atoms with Gasteiger partial charge >= 0.3 is 17.9 Å². The van der Waals surface area contributed by atoms with Crippen molar-refractivity contribution in [2.24, 2.45) is 34.0 Å². The van der Waals surface area contributed by atoms with Gasteiger partial charge in [-0.05, 0) is 139 Å². The summed E-state index contributed by atoms with van der Waals surface area (Å²) < 4.78 is 16.8. The molecule has 0 aromatic rings. The smallest absolute Gasteiger partial charge is 0.312 e. The predicted octanol–water partition coefficient (Wildman–Crippen LogP) is 9.42. The van der Waals surface area contributed by atoms with E-state index in [-0.39, 0.29) is 57.4 Å². The zero-order valence-corrected chi connectivity index (χ0v) is 31.7. The minimum atomic E-state index is -0.409. The molecule has 4 aliphatic rings. The van der Waals surface area contributed by atoms with Crippen molar-refractivity contribution in [3.05, 3.63) is 0 Å². The quantitative estimate of drug-likeness (QED) is 0.174. The molecule has 0 spiro atoms. The van der Waals surface area contributed by atoms with E-state index in [0.29, 0.717) is 11.7 Å². The number of carbonyl (C=O) groups is 4. The zero-order valence-electron chi connectivity index (χ0n) is 31.7. The highest BCUT2D eigenvalue weighted by Crippen LogP contribution is 2.56. The molecule has 0 heterocycles. The third-order valence-corrected chi connectivity index (χ3v) is 10.8. The fourth-order valence-electron chi connectivity index (χ4n) is 5.74. The van der Waals surface area contributed by atoms with E-state index in [1.165, 1.54) is 0 Å². The van der Waals surface area contributed by atoms with Gasteiger partial charge in [-0.15, -0.1) is 0 Å². The van der Waals surface area contributed by atoms with Gasteiger partial charge in [-0.25, -0.2) is 0 Å². The number of rotatable bonds is 10. The first-order valence-corrected chi connectivity index (χ1v) is 17.6. The van der Waals surface area contributed by atoms with Crippen LogP contribution in [0.5, 0.6) is 0 Å². The highest BCUT2D eigenvalue weighted by Gasteiger charge is 2.57. The monoisotopic (exact) mass is 636 g/mol. The Morgan fingerprint density at radius 3 is 1.33 bits per heavy atom. The van der Waals surface area contributed by atoms with E-state index < -0.39 is 5.41 Å². The fraction of sp³-hybridized carbons (Fsp3) is 0.895. The molecular formula is C38H68O7. The molecule has 4 bridgehead atoms. The summed E-state index contributed by atoms with van der Waals surface area (Å²) in [6.45, 7) is 29.3. The lowest BCUT2D eigenvalue weighted by molar-refractivity contribution is -0.197. The number of esters is 3. The lowest BCUT2D eigenvalue weighted by Gasteiger charge is -2.55. The Labute approximate surface area is 275 Å². The van der Waals surface area contributed by atoms with Gasteiger partial charge in [0, 0.05) is 11.8 Å². The molecule has 0 aliphatic heterocycles. The van der Waals surface area contributed by atoms with Crippen LogP contribution < -0.4 is 0 Å². The van der Waals surface area contributed by atoms with Gasteiger partial charge in [0.2, 0.25) is 0 Å². The molecule has 4 aliphatic carbocycles. The number of hydrogen-bond acceptors (Lipinski definition) is 7. The summed E-state index contributed by atoms with van der Waals surface area (Å²) in [7, 11) is 0. The largest absolute Gasteiger partial charge is 0.460 e. The normalized spacial score (nSPS) is 24.5. The molecule has 7 heteroatoms. The first kappa shape index (κ1) is 41.1. The van der Waals surface area contributed by atoms with E-state index >= 15 is 0 Å². The number of carbonyl (C=O) groups excluding carboxylic acids is 4. The summed E-state index contributed by atoms with van der Waals surface area (Å²) in [4.78, 5) is 47.8. The van der Waals surface area contributed by atoms with Crippen LogP contribution in [0, 0.1) is 34.0 Å². The van der Waals surface area contributed by atoms with E-state index in [4.69, 9.17) is 14.2 Å². The van der Waals surface area contributed by atoms with Gasteiger partial charge in [0.25, 0.3) is 0 Å². The lowest BCUT2D eigenvalue weighted by Crippen LogP contribution is -2.57. The van der Waals surface area contributed by atoms with Gasteiger partial charge in [0.1, 0.15) is 22.6 Å². The summed E-state index contributed by atoms with van der Waals surface area (Å²) in [5.74, 6) is 1.12. The Balaban J connectivity index is 0.000000351. The Morgan fingerprint density at radius 2 is 0.978 bits per heavy atom. The van der Waals surface area contributed by atoms with Gasteiger partial charge in [0.15, 0.2) is 0 Å². The highest BCUT2D eigenvalue weighted by molar-refractivity contribution is 5.86. The molecule has 4 fully saturated rings. The van der Waals surface area contributed by atoms with Gasteiger partial charge in [-0.1, -0.05) is 34.6 Å². The van der Waals surface area contributed by atoms with Crippen molar-refractivity contribution >= 4 is 23.7 Å². The molecule has 2 unspecified atom stereocenters. The Morgan fingerprint density at radius 1 is 0.600 bits per heavy atom. The second-order valence-corrected chi connectivity index (χ2v) is 17.1. The van der Waals surface area contributed by atoms with Crippen LogP contribution in [0.4, 0.5) is 0 Å². The lowest BCUT2D eigenvalue weighted by atomic mass is 9.53. The number of Topliss-reactive ketones (excluding diaryl/α,β-unsaturated/α-hetero) is 1. The molecule has 4 saturated carbocycles. The molecule has 0 aromatic carbocycles. The first-order chi connectivity index (χ1) is 20.3. The van der Waals surface area contributed by atoms with Crippen molar-refractivity contribution in [2.45, 2.75) is 185 Å². The minimum absolute atomic E-state index is 0.0776. The van der Waals surface area contributed by atoms with Crippen LogP contribution in [-0.4, -0.2) is 40.5 Å². The van der Waals surface area contributed by atoms with Crippen molar-refractivity contribution in [2.75, 3.05) is 0 Å². The van der Waals surface area contributed by atoms with Crippen molar-refractivity contribution in [1.29, 1.82) is 0 Å². The molecular weight excluding hydrogens is 568 g/mol. The van der Waals surface area contributed by atoms with Crippen LogP contribution in [0.3, 0.4) is 0 Å². The first-order valence-electron chi connectivity index (χ1n) is 17.6. The van der Waals surface area contributed by atoms with E-state index in [2.05, 4.69) is 13.8 Å². The molecule has 0 radical (unpaired) electrons. The summed E-state index contributed by atoms with van der Waals surface area (Å²) in [6, 6.07) is 0. The summed E-state index contributed by atoms with van der Waals surface area (Å²) in [6.07, 6.45) is 8.77. The number of ketones is 1. The van der Waals surface area contributed by atoms with E-state index in [1.807, 2.05) is 90.0 Å². The summed E-state index contributed by atoms with van der Waals surface area (Å²) in [5.41, 5.74) is -2.09. The van der Waals surface area contributed by atoms with Gasteiger partial charge < -0.3 is 14.2 Å². The second-order valence-electron chi connectivity index (χ2n) is 17.1. The van der Waals surface area contributed by atoms with Crippen molar-refractivity contribution < 1.29 is 33.4 Å². The molecule has 0 amide bonds. The second kappa shape index (κ2) is 15.3.